The Morgan fingerprint density at radius 1 is 1.23 bits per heavy atom. The molecule has 0 saturated heterocycles. The maximum atomic E-state index is 12.5. The zero-order valence-electron chi connectivity index (χ0n) is 13.4. The van der Waals surface area contributed by atoms with E-state index < -0.39 is 12.1 Å². The van der Waals surface area contributed by atoms with Crippen molar-refractivity contribution in [2.45, 2.75) is 19.1 Å². The number of aromatic nitrogens is 4. The summed E-state index contributed by atoms with van der Waals surface area (Å²) in [6, 6.07) is 5.91. The second kappa shape index (κ2) is 7.38. The van der Waals surface area contributed by atoms with E-state index in [-0.39, 0.29) is 11.7 Å². The quantitative estimate of drug-likeness (QED) is 0.679. The Balaban J connectivity index is 1.55. The molecule has 0 saturated carbocycles. The summed E-state index contributed by atoms with van der Waals surface area (Å²) in [5.74, 6) is -1.87. The molecular weight excluding hydrogens is 351 g/mol. The fourth-order valence-electron chi connectivity index (χ4n) is 2.21. The lowest BCUT2D eigenvalue weighted by Gasteiger charge is -2.06. The van der Waals surface area contributed by atoms with Gasteiger partial charge in [0, 0.05) is 36.6 Å². The van der Waals surface area contributed by atoms with Crippen molar-refractivity contribution in [2.75, 3.05) is 6.54 Å². The van der Waals surface area contributed by atoms with Crippen molar-refractivity contribution in [1.82, 2.24) is 25.0 Å². The van der Waals surface area contributed by atoms with Crippen LogP contribution in [-0.2, 0) is 12.7 Å². The summed E-state index contributed by atoms with van der Waals surface area (Å²) in [5.41, 5.74) is 0.705. The third kappa shape index (κ3) is 4.26. The molecule has 0 aliphatic rings. The Hall–Kier alpha value is -3.17. The molecule has 1 amide bonds. The number of amides is 1. The average molecular weight is 365 g/mol. The number of alkyl halides is 3. The van der Waals surface area contributed by atoms with Gasteiger partial charge in [-0.05, 0) is 18.6 Å². The van der Waals surface area contributed by atoms with Crippen molar-refractivity contribution in [2.24, 2.45) is 0 Å². The molecule has 2 aromatic heterocycles. The molecule has 3 rings (SSSR count). The Kier molecular flexibility index (Phi) is 5.01. The van der Waals surface area contributed by atoms with Crippen molar-refractivity contribution in [3.8, 4) is 11.4 Å². The van der Waals surface area contributed by atoms with Crippen molar-refractivity contribution in [3.05, 3.63) is 54.4 Å². The van der Waals surface area contributed by atoms with Gasteiger partial charge in [-0.15, -0.1) is 0 Å². The number of halogens is 3. The van der Waals surface area contributed by atoms with Gasteiger partial charge in [-0.3, -0.25) is 4.79 Å². The van der Waals surface area contributed by atoms with Crippen LogP contribution in [0.15, 0.2) is 47.5 Å². The Labute approximate surface area is 145 Å². The highest BCUT2D eigenvalue weighted by atomic mass is 19.4. The van der Waals surface area contributed by atoms with Gasteiger partial charge in [-0.2, -0.15) is 18.2 Å². The van der Waals surface area contributed by atoms with Gasteiger partial charge in [0.25, 0.3) is 5.91 Å². The second-order valence-corrected chi connectivity index (χ2v) is 5.41. The fourth-order valence-corrected chi connectivity index (χ4v) is 2.21. The minimum absolute atomic E-state index is 0.190. The van der Waals surface area contributed by atoms with E-state index in [2.05, 4.69) is 25.0 Å². The van der Waals surface area contributed by atoms with Crippen molar-refractivity contribution in [3.63, 3.8) is 0 Å². The number of benzene rings is 1. The summed E-state index contributed by atoms with van der Waals surface area (Å²) in [7, 11) is 0. The van der Waals surface area contributed by atoms with Crippen LogP contribution in [0.2, 0.25) is 0 Å². The van der Waals surface area contributed by atoms with Crippen LogP contribution in [0.1, 0.15) is 22.7 Å². The maximum Gasteiger partial charge on any atom is 0.471 e. The zero-order chi connectivity index (χ0) is 18.6. The average Bonchev–Trinajstić information content (AvgIpc) is 3.30. The minimum atomic E-state index is -4.69. The van der Waals surface area contributed by atoms with Crippen LogP contribution >= 0.6 is 0 Å². The van der Waals surface area contributed by atoms with Gasteiger partial charge in [-0.1, -0.05) is 17.3 Å². The second-order valence-electron chi connectivity index (χ2n) is 5.41. The molecule has 1 aromatic carbocycles. The van der Waals surface area contributed by atoms with E-state index in [1.54, 1.807) is 12.5 Å². The van der Waals surface area contributed by atoms with Crippen LogP contribution in [0, 0.1) is 0 Å². The number of hydrogen-bond acceptors (Lipinski definition) is 5. The van der Waals surface area contributed by atoms with Crippen molar-refractivity contribution < 1.29 is 22.5 Å². The first-order valence-corrected chi connectivity index (χ1v) is 7.69. The summed E-state index contributed by atoms with van der Waals surface area (Å²) in [4.78, 5) is 19.3. The molecule has 0 spiro atoms. The molecule has 0 fully saturated rings. The van der Waals surface area contributed by atoms with Crippen LogP contribution in [0.3, 0.4) is 0 Å². The summed E-state index contributed by atoms with van der Waals surface area (Å²) in [6.07, 6.45) is 1.26. The van der Waals surface area contributed by atoms with Gasteiger partial charge in [0.05, 0.1) is 6.33 Å². The van der Waals surface area contributed by atoms with E-state index in [1.807, 2.05) is 10.8 Å². The number of nitrogens with zero attached hydrogens (tertiary/aromatic N) is 4. The molecule has 0 aliphatic heterocycles. The van der Waals surface area contributed by atoms with Gasteiger partial charge in [-0.25, -0.2) is 4.98 Å². The fraction of sp³-hybridized carbons (Fsp3) is 0.250. The maximum absolute atomic E-state index is 12.5. The third-order valence-corrected chi connectivity index (χ3v) is 3.51. The number of aryl methyl sites for hydroxylation is 1. The molecule has 1 N–H and O–H groups in total. The van der Waals surface area contributed by atoms with Gasteiger partial charge in [0.1, 0.15) is 0 Å². The van der Waals surface area contributed by atoms with E-state index in [0.29, 0.717) is 17.7 Å². The lowest BCUT2D eigenvalue weighted by Crippen LogP contribution is -2.25. The highest BCUT2D eigenvalue weighted by molar-refractivity contribution is 5.94. The first-order valence-electron chi connectivity index (χ1n) is 7.69. The molecule has 0 unspecified atom stereocenters. The minimum Gasteiger partial charge on any atom is -0.352 e. The number of nitrogens with one attached hydrogen (secondary N) is 1. The summed E-state index contributed by atoms with van der Waals surface area (Å²) < 4.78 is 43.5. The number of rotatable bonds is 6. The first-order chi connectivity index (χ1) is 12.4. The van der Waals surface area contributed by atoms with E-state index in [9.17, 15) is 18.0 Å². The predicted octanol–water partition coefficient (Wildman–Crippen LogP) is 2.77. The monoisotopic (exact) mass is 365 g/mol. The van der Waals surface area contributed by atoms with Gasteiger partial charge in [0.2, 0.25) is 5.82 Å². The van der Waals surface area contributed by atoms with E-state index >= 15 is 0 Å². The van der Waals surface area contributed by atoms with Crippen LogP contribution in [0.4, 0.5) is 13.2 Å². The third-order valence-electron chi connectivity index (χ3n) is 3.51. The Morgan fingerprint density at radius 3 is 2.62 bits per heavy atom. The van der Waals surface area contributed by atoms with Gasteiger partial charge >= 0.3 is 12.1 Å². The molecule has 2 heterocycles. The number of carbonyl (C=O) groups is 1. The largest absolute Gasteiger partial charge is 0.471 e. The van der Waals surface area contributed by atoms with Crippen LogP contribution in [0.5, 0.6) is 0 Å². The van der Waals surface area contributed by atoms with E-state index in [1.165, 1.54) is 24.3 Å². The van der Waals surface area contributed by atoms with Crippen molar-refractivity contribution >= 4 is 5.91 Å². The molecule has 10 heteroatoms. The lowest BCUT2D eigenvalue weighted by atomic mass is 10.1. The molecule has 3 aromatic rings. The molecule has 7 nitrogen and oxygen atoms in total. The molecule has 0 bridgehead atoms. The molecule has 0 radical (unpaired) electrons. The van der Waals surface area contributed by atoms with Crippen molar-refractivity contribution in [1.29, 1.82) is 0 Å². The van der Waals surface area contributed by atoms with Crippen LogP contribution < -0.4 is 5.32 Å². The van der Waals surface area contributed by atoms with Gasteiger partial charge in [0.15, 0.2) is 0 Å². The Bertz CT molecular complexity index is 857. The molecular formula is C16H14F3N5O2. The standard InChI is InChI=1S/C16H14F3N5O2/c17-16(18,19)15-22-13(23-26-15)11-2-4-12(5-3-11)14(25)21-6-1-8-24-9-7-20-10-24/h2-5,7,9-10H,1,6,8H2,(H,21,25). The zero-order valence-corrected chi connectivity index (χ0v) is 13.4. The molecule has 136 valence electrons. The van der Waals surface area contributed by atoms with Crippen LogP contribution in [0.25, 0.3) is 11.4 Å². The lowest BCUT2D eigenvalue weighted by molar-refractivity contribution is -0.159. The smallest absolute Gasteiger partial charge is 0.352 e. The normalized spacial score (nSPS) is 11.5. The van der Waals surface area contributed by atoms with E-state index in [0.717, 1.165) is 13.0 Å². The number of carbonyl (C=O) groups excluding carboxylic acids is 1. The first kappa shape index (κ1) is 17.6. The summed E-state index contributed by atoms with van der Waals surface area (Å²) in [6.45, 7) is 1.22. The van der Waals surface area contributed by atoms with E-state index in [4.69, 9.17) is 0 Å². The molecule has 0 atom stereocenters. The predicted molar refractivity (Wildman–Crippen MR) is 83.9 cm³/mol. The summed E-state index contributed by atoms with van der Waals surface area (Å²) in [5, 5.41) is 6.07. The molecule has 0 aliphatic carbocycles. The number of hydrogen-bond donors (Lipinski definition) is 1. The molecule has 26 heavy (non-hydrogen) atoms. The number of imidazole rings is 1. The highest BCUT2D eigenvalue weighted by Crippen LogP contribution is 2.29. The SMILES string of the molecule is O=C(NCCCn1ccnc1)c1ccc(-c2noc(C(F)(F)F)n2)cc1. The summed E-state index contributed by atoms with van der Waals surface area (Å²) >= 11 is 0. The Morgan fingerprint density at radius 2 is 2.00 bits per heavy atom. The van der Waals surface area contributed by atoms with Crippen LogP contribution in [-0.4, -0.2) is 32.1 Å². The topological polar surface area (TPSA) is 85.8 Å². The van der Waals surface area contributed by atoms with Gasteiger partial charge < -0.3 is 14.4 Å². The highest BCUT2D eigenvalue weighted by Gasteiger charge is 2.38.